The molecule has 1 amide bonds. The molecule has 0 bridgehead atoms. The number of hydrogen-bond donors (Lipinski definition) is 2. The minimum Gasteiger partial charge on any atom is -0.480 e. The fourth-order valence-electron chi connectivity index (χ4n) is 1.52. The van der Waals surface area contributed by atoms with Gasteiger partial charge in [-0.3, -0.25) is 19.7 Å². The quantitative estimate of drug-likeness (QED) is 0.374. The molecule has 0 aromatic carbocycles. The van der Waals surface area contributed by atoms with E-state index in [1.54, 1.807) is 5.32 Å². The van der Waals surface area contributed by atoms with Gasteiger partial charge in [-0.25, -0.2) is 15.1 Å². The van der Waals surface area contributed by atoms with Crippen LogP contribution in [0.15, 0.2) is 24.4 Å². The highest BCUT2D eigenvalue weighted by molar-refractivity contribution is 5.89. The second-order valence-corrected chi connectivity index (χ2v) is 4.09. The van der Waals surface area contributed by atoms with Gasteiger partial charge in [-0.1, -0.05) is 6.07 Å². The molecule has 1 atom stereocenters. The van der Waals surface area contributed by atoms with E-state index in [1.807, 2.05) is 0 Å². The predicted octanol–water partition coefficient (Wildman–Crippen LogP) is -0.727. The number of nitrogens with zero attached hydrogens (tertiary/aromatic N) is 4. The number of pyridine rings is 1. The van der Waals surface area contributed by atoms with E-state index < -0.39 is 39.9 Å². The van der Waals surface area contributed by atoms with Gasteiger partial charge in [-0.15, -0.1) is 0 Å². The number of nitrogens with one attached hydrogen (secondary N) is 1. The number of amides is 1. The van der Waals surface area contributed by atoms with Crippen molar-refractivity contribution in [2.24, 2.45) is 0 Å². The number of carbonyl (C=O) groups excluding carboxylic acids is 1. The molecule has 0 fully saturated rings. The van der Waals surface area contributed by atoms with Crippen LogP contribution in [0.5, 0.6) is 0 Å². The molecular weight excluding hydrogens is 302 g/mol. The zero-order valence-corrected chi connectivity index (χ0v) is 11.2. The van der Waals surface area contributed by atoms with Crippen LogP contribution in [0.4, 0.5) is 5.82 Å². The molecule has 12 nitrogen and oxygen atoms in total. The summed E-state index contributed by atoms with van der Waals surface area (Å²) in [5.41, 5.74) is -2.88. The second kappa shape index (κ2) is 6.43. The predicted molar refractivity (Wildman–Crippen MR) is 69.8 cm³/mol. The Morgan fingerprint density at radius 2 is 2.05 bits per heavy atom. The van der Waals surface area contributed by atoms with Crippen LogP contribution in [0.1, 0.15) is 6.92 Å². The molecule has 0 radical (unpaired) electrons. The highest BCUT2D eigenvalue weighted by Crippen LogP contribution is 2.23. The number of rotatable bonds is 7. The van der Waals surface area contributed by atoms with Crippen molar-refractivity contribution in [3.63, 3.8) is 0 Å². The third-order valence-corrected chi connectivity index (χ3v) is 2.63. The van der Waals surface area contributed by atoms with E-state index in [-0.39, 0.29) is 5.01 Å². The Morgan fingerprint density at radius 1 is 1.41 bits per heavy atom. The molecule has 12 heteroatoms. The van der Waals surface area contributed by atoms with Gasteiger partial charge >= 0.3 is 17.5 Å². The molecular formula is C10H11N5O7. The van der Waals surface area contributed by atoms with Gasteiger partial charge in [0, 0.05) is 18.1 Å². The first kappa shape index (κ1) is 16.7. The molecule has 0 unspecified atom stereocenters. The lowest BCUT2D eigenvalue weighted by Gasteiger charge is -2.24. The van der Waals surface area contributed by atoms with Gasteiger partial charge in [-0.05, 0) is 12.1 Å². The first-order valence-electron chi connectivity index (χ1n) is 5.71. The fraction of sp³-hybridized carbons (Fsp3) is 0.300. The summed E-state index contributed by atoms with van der Waals surface area (Å²) < 4.78 is 0. The van der Waals surface area contributed by atoms with Gasteiger partial charge in [0.2, 0.25) is 5.82 Å². The molecule has 1 heterocycles. The van der Waals surface area contributed by atoms with Crippen LogP contribution in [-0.2, 0) is 9.59 Å². The van der Waals surface area contributed by atoms with Crippen molar-refractivity contribution < 1.29 is 24.7 Å². The van der Waals surface area contributed by atoms with Crippen LogP contribution >= 0.6 is 0 Å². The number of aliphatic carboxylic acids is 1. The van der Waals surface area contributed by atoms with Crippen LogP contribution in [-0.4, -0.2) is 44.1 Å². The summed E-state index contributed by atoms with van der Waals surface area (Å²) in [5, 5.41) is 31.5. The Balaban J connectivity index is 3.30. The minimum absolute atomic E-state index is 0.0375. The molecule has 0 saturated carbocycles. The van der Waals surface area contributed by atoms with Crippen molar-refractivity contribution >= 4 is 17.7 Å². The van der Waals surface area contributed by atoms with Crippen LogP contribution in [0, 0.1) is 20.2 Å². The molecule has 22 heavy (non-hydrogen) atoms. The molecule has 0 saturated heterocycles. The summed E-state index contributed by atoms with van der Waals surface area (Å²) in [6.45, 7) is -0.238. The van der Waals surface area contributed by atoms with E-state index >= 15 is 0 Å². The highest BCUT2D eigenvalue weighted by Gasteiger charge is 2.59. The van der Waals surface area contributed by atoms with Crippen LogP contribution < -0.4 is 10.3 Å². The normalized spacial score (nSPS) is 12.8. The van der Waals surface area contributed by atoms with Crippen LogP contribution in [0.2, 0.25) is 0 Å². The molecule has 1 aromatic heterocycles. The number of carbonyl (C=O) groups is 2. The Labute approximate surface area is 122 Å². The molecule has 0 aliphatic heterocycles. The van der Waals surface area contributed by atoms with Gasteiger partial charge in [0.25, 0.3) is 0 Å². The fourth-order valence-corrected chi connectivity index (χ4v) is 1.52. The first-order chi connectivity index (χ1) is 10.2. The van der Waals surface area contributed by atoms with E-state index in [1.165, 1.54) is 12.1 Å². The van der Waals surface area contributed by atoms with Gasteiger partial charge in [0.05, 0.1) is 4.92 Å². The highest BCUT2D eigenvalue weighted by atomic mass is 16.7. The van der Waals surface area contributed by atoms with Crippen molar-refractivity contribution in [1.29, 1.82) is 0 Å². The number of carboxylic acids is 1. The van der Waals surface area contributed by atoms with Gasteiger partial charge in [0.15, 0.2) is 5.03 Å². The lowest BCUT2D eigenvalue weighted by Crippen LogP contribution is -2.64. The van der Waals surface area contributed by atoms with E-state index in [9.17, 15) is 29.8 Å². The Hall–Kier alpha value is -3.31. The summed E-state index contributed by atoms with van der Waals surface area (Å²) in [7, 11) is 0. The van der Waals surface area contributed by atoms with Gasteiger partial charge in [-0.2, -0.15) is 0 Å². The standard InChI is InChI=1S/C10H11N5O7/c1-10(14(19)20,9(18)12-6-8(16)17)13(15(21)22)7-4-2-3-5-11-7/h2-5H,6H2,1H3,(H,12,18)(H,16,17)/t10-/m1/s1. The molecule has 2 N–H and O–H groups in total. The van der Waals surface area contributed by atoms with Crippen LogP contribution in [0.25, 0.3) is 0 Å². The third-order valence-electron chi connectivity index (χ3n) is 2.63. The third kappa shape index (κ3) is 3.23. The van der Waals surface area contributed by atoms with Crippen molar-refractivity contribution in [3.8, 4) is 0 Å². The molecule has 0 spiro atoms. The largest absolute Gasteiger partial charge is 0.480 e. The van der Waals surface area contributed by atoms with E-state index in [4.69, 9.17) is 5.11 Å². The molecule has 1 rings (SSSR count). The van der Waals surface area contributed by atoms with E-state index in [0.717, 1.165) is 12.3 Å². The van der Waals surface area contributed by atoms with Crippen molar-refractivity contribution in [1.82, 2.24) is 10.3 Å². The zero-order chi connectivity index (χ0) is 16.9. The average molecular weight is 313 g/mol. The second-order valence-electron chi connectivity index (χ2n) is 4.09. The van der Waals surface area contributed by atoms with Gasteiger partial charge < -0.3 is 10.4 Å². The molecule has 118 valence electrons. The lowest BCUT2D eigenvalue weighted by molar-refractivity contribution is -0.619. The maximum atomic E-state index is 11.9. The maximum Gasteiger partial charge on any atom is 0.425 e. The number of nitro groups is 2. The average Bonchev–Trinajstić information content (AvgIpc) is 2.45. The summed E-state index contributed by atoms with van der Waals surface area (Å²) >= 11 is 0. The Morgan fingerprint density at radius 3 is 2.45 bits per heavy atom. The summed E-state index contributed by atoms with van der Waals surface area (Å²) in [6.07, 6.45) is 1.15. The van der Waals surface area contributed by atoms with Gasteiger partial charge in [0.1, 0.15) is 6.54 Å². The number of anilines is 1. The Bertz CT molecular complexity index is 607. The van der Waals surface area contributed by atoms with Crippen LogP contribution in [0.3, 0.4) is 0 Å². The summed E-state index contributed by atoms with van der Waals surface area (Å²) in [5.74, 6) is -3.36. The molecule has 1 aromatic rings. The SMILES string of the molecule is C[C@@](C(=O)NCC(=O)O)(N(c1ccccn1)[N+](=O)[O-])[N+](=O)[O-]. The van der Waals surface area contributed by atoms with E-state index in [2.05, 4.69) is 4.98 Å². The van der Waals surface area contributed by atoms with Crippen molar-refractivity contribution in [2.45, 2.75) is 12.6 Å². The number of carboxylic acid groups (broad SMARTS) is 1. The number of aromatic nitrogens is 1. The van der Waals surface area contributed by atoms with E-state index in [0.29, 0.717) is 6.92 Å². The summed E-state index contributed by atoms with van der Waals surface area (Å²) in [6, 6.07) is 3.87. The minimum atomic E-state index is -2.88. The zero-order valence-electron chi connectivity index (χ0n) is 11.2. The first-order valence-corrected chi connectivity index (χ1v) is 5.71. The number of hydrogen-bond acceptors (Lipinski definition) is 7. The molecule has 0 aliphatic rings. The lowest BCUT2D eigenvalue weighted by atomic mass is 10.1. The maximum absolute atomic E-state index is 11.9. The van der Waals surface area contributed by atoms with Crippen molar-refractivity contribution in [2.75, 3.05) is 11.6 Å². The van der Waals surface area contributed by atoms with Crippen molar-refractivity contribution in [3.05, 3.63) is 44.6 Å². The molecule has 0 aliphatic carbocycles. The number of hydrazine groups is 1. The smallest absolute Gasteiger partial charge is 0.425 e. The Kier molecular flexibility index (Phi) is 4.89. The summed E-state index contributed by atoms with van der Waals surface area (Å²) in [4.78, 5) is 47.2. The monoisotopic (exact) mass is 313 g/mol. The topological polar surface area (TPSA) is 169 Å².